The molecule has 0 bridgehead atoms. The number of ether oxygens (including phenoxy) is 1. The maximum absolute atomic E-state index is 13.8. The van der Waals surface area contributed by atoms with Gasteiger partial charge in [0, 0.05) is 12.1 Å². The van der Waals surface area contributed by atoms with E-state index in [1.54, 1.807) is 20.8 Å². The maximum Gasteiger partial charge on any atom is 0.249 e. The van der Waals surface area contributed by atoms with Crippen LogP contribution < -0.4 is 20.7 Å². The van der Waals surface area contributed by atoms with Crippen molar-refractivity contribution in [3.05, 3.63) is 17.9 Å². The first-order valence-electron chi connectivity index (χ1n) is 6.65. The van der Waals surface area contributed by atoms with Gasteiger partial charge in [-0.15, -0.1) is 0 Å². The second kappa shape index (κ2) is 5.59. The third kappa shape index (κ3) is 3.07. The molecule has 1 aliphatic rings. The molecule has 1 aliphatic heterocycles. The van der Waals surface area contributed by atoms with Crippen LogP contribution in [0.2, 0.25) is 0 Å². The second-order valence-electron chi connectivity index (χ2n) is 5.22. The number of anilines is 2. The summed E-state index contributed by atoms with van der Waals surface area (Å²) in [5.41, 5.74) is 6.38. The molecule has 1 aromatic carbocycles. The van der Waals surface area contributed by atoms with E-state index in [-0.39, 0.29) is 24.1 Å². The molecular weight excluding hydrogens is 277 g/mol. The number of amides is 2. The number of piperazine rings is 1. The number of hydrogen-bond donors (Lipinski definition) is 2. The molecular formula is C14H18FN3O3. The van der Waals surface area contributed by atoms with Crippen molar-refractivity contribution in [3.63, 3.8) is 0 Å². The molecule has 21 heavy (non-hydrogen) atoms. The molecule has 1 unspecified atom stereocenters. The lowest BCUT2D eigenvalue weighted by molar-refractivity contribution is -0.132. The molecule has 1 fully saturated rings. The summed E-state index contributed by atoms with van der Waals surface area (Å²) in [6.45, 7) is 5.17. The number of benzene rings is 1. The Morgan fingerprint density at radius 1 is 1.43 bits per heavy atom. The molecule has 0 radical (unpaired) electrons. The molecule has 0 aliphatic carbocycles. The highest BCUT2D eigenvalue weighted by atomic mass is 19.1. The zero-order valence-electron chi connectivity index (χ0n) is 12.1. The Morgan fingerprint density at radius 2 is 2.10 bits per heavy atom. The molecule has 6 nitrogen and oxygen atoms in total. The van der Waals surface area contributed by atoms with E-state index in [1.807, 2.05) is 0 Å². The summed E-state index contributed by atoms with van der Waals surface area (Å²) < 4.78 is 19.2. The van der Waals surface area contributed by atoms with Crippen LogP contribution in [0.4, 0.5) is 15.8 Å². The van der Waals surface area contributed by atoms with Crippen LogP contribution in [0.15, 0.2) is 12.1 Å². The van der Waals surface area contributed by atoms with Crippen molar-refractivity contribution in [1.29, 1.82) is 0 Å². The van der Waals surface area contributed by atoms with Crippen LogP contribution in [0, 0.1) is 5.82 Å². The highest BCUT2D eigenvalue weighted by Crippen LogP contribution is 2.33. The Hall–Kier alpha value is -2.31. The molecule has 2 rings (SSSR count). The van der Waals surface area contributed by atoms with E-state index in [9.17, 15) is 14.0 Å². The summed E-state index contributed by atoms with van der Waals surface area (Å²) in [6, 6.07) is 1.98. The first-order chi connectivity index (χ1) is 9.79. The summed E-state index contributed by atoms with van der Waals surface area (Å²) >= 11 is 0. The molecule has 0 aromatic heterocycles. The minimum absolute atomic E-state index is 0.0240. The predicted molar refractivity (Wildman–Crippen MR) is 76.5 cm³/mol. The number of rotatable bonds is 3. The molecule has 114 valence electrons. The van der Waals surface area contributed by atoms with Gasteiger partial charge in [0.1, 0.15) is 6.04 Å². The predicted octanol–water partition coefficient (Wildman–Crippen LogP) is 1.05. The summed E-state index contributed by atoms with van der Waals surface area (Å²) in [4.78, 5) is 24.8. The fourth-order valence-corrected chi connectivity index (χ4v) is 2.16. The van der Waals surface area contributed by atoms with Crippen molar-refractivity contribution in [1.82, 2.24) is 5.32 Å². The third-order valence-corrected chi connectivity index (χ3v) is 3.18. The Balaban J connectivity index is 2.42. The fraction of sp³-hybridized carbons (Fsp3) is 0.429. The molecule has 0 spiro atoms. The quantitative estimate of drug-likeness (QED) is 0.643. The lowest BCUT2D eigenvalue weighted by atomic mass is 10.1. The zero-order valence-corrected chi connectivity index (χ0v) is 12.1. The first-order valence-corrected chi connectivity index (χ1v) is 6.65. The minimum atomic E-state index is -0.581. The molecule has 1 heterocycles. The highest BCUT2D eigenvalue weighted by molar-refractivity contribution is 6.05. The Morgan fingerprint density at radius 3 is 2.71 bits per heavy atom. The van der Waals surface area contributed by atoms with Gasteiger partial charge in [-0.2, -0.15) is 0 Å². The third-order valence-electron chi connectivity index (χ3n) is 3.18. The van der Waals surface area contributed by atoms with Crippen molar-refractivity contribution < 1.29 is 18.7 Å². The summed E-state index contributed by atoms with van der Waals surface area (Å²) in [5.74, 6) is -1.38. The van der Waals surface area contributed by atoms with Gasteiger partial charge in [-0.25, -0.2) is 4.39 Å². The first kappa shape index (κ1) is 15.1. The minimum Gasteiger partial charge on any atom is -0.488 e. The van der Waals surface area contributed by atoms with E-state index in [4.69, 9.17) is 10.5 Å². The summed E-state index contributed by atoms with van der Waals surface area (Å²) in [6.07, 6.45) is -0.209. The Bertz CT molecular complexity index is 589. The lowest BCUT2D eigenvalue weighted by Crippen LogP contribution is -2.57. The van der Waals surface area contributed by atoms with Crippen LogP contribution in [0.3, 0.4) is 0 Å². The number of hydrogen-bond acceptors (Lipinski definition) is 5. The molecule has 1 saturated heterocycles. The van der Waals surface area contributed by atoms with Crippen LogP contribution >= 0.6 is 0 Å². The Labute approximate surface area is 122 Å². The normalized spacial score (nSPS) is 18.9. The number of carbonyl (C=O) groups is 2. The van der Waals surface area contributed by atoms with Crippen LogP contribution in [-0.4, -0.2) is 30.5 Å². The largest absolute Gasteiger partial charge is 0.488 e. The number of nitrogen functional groups attached to an aromatic ring is 1. The molecule has 1 aromatic rings. The van der Waals surface area contributed by atoms with E-state index >= 15 is 0 Å². The number of imide groups is 1. The topological polar surface area (TPSA) is 84.7 Å². The van der Waals surface area contributed by atoms with Gasteiger partial charge in [-0.05, 0) is 20.8 Å². The van der Waals surface area contributed by atoms with Crippen LogP contribution in [-0.2, 0) is 9.59 Å². The van der Waals surface area contributed by atoms with Crippen molar-refractivity contribution in [2.24, 2.45) is 0 Å². The number of nitrogens with zero attached hydrogens (tertiary/aromatic N) is 1. The highest BCUT2D eigenvalue weighted by Gasteiger charge is 2.32. The number of nitrogens with one attached hydrogen (secondary N) is 1. The van der Waals surface area contributed by atoms with Crippen LogP contribution in [0.5, 0.6) is 5.75 Å². The van der Waals surface area contributed by atoms with Gasteiger partial charge in [-0.3, -0.25) is 14.9 Å². The van der Waals surface area contributed by atoms with Gasteiger partial charge >= 0.3 is 0 Å². The molecule has 0 saturated carbocycles. The number of nitrogens with two attached hydrogens (primary N) is 1. The van der Waals surface area contributed by atoms with Gasteiger partial charge < -0.3 is 15.4 Å². The van der Waals surface area contributed by atoms with Crippen molar-refractivity contribution >= 4 is 23.2 Å². The van der Waals surface area contributed by atoms with E-state index < -0.39 is 23.7 Å². The van der Waals surface area contributed by atoms with E-state index in [2.05, 4.69) is 5.32 Å². The van der Waals surface area contributed by atoms with E-state index in [0.29, 0.717) is 5.69 Å². The Kier molecular flexibility index (Phi) is 4.02. The average Bonchev–Trinajstić information content (AvgIpc) is 2.37. The zero-order chi connectivity index (χ0) is 15.7. The van der Waals surface area contributed by atoms with Crippen LogP contribution in [0.1, 0.15) is 20.8 Å². The number of carbonyl (C=O) groups excluding carboxylic acids is 2. The SMILES string of the molecule is CC(C)Oc1cc(N2CC(=O)NC(=O)C2C)c(N)cc1F. The summed E-state index contributed by atoms with van der Waals surface area (Å²) in [7, 11) is 0. The van der Waals surface area contributed by atoms with Crippen molar-refractivity contribution in [2.45, 2.75) is 32.9 Å². The van der Waals surface area contributed by atoms with Crippen LogP contribution in [0.25, 0.3) is 0 Å². The molecule has 3 N–H and O–H groups in total. The van der Waals surface area contributed by atoms with Gasteiger partial charge in [0.25, 0.3) is 0 Å². The van der Waals surface area contributed by atoms with Gasteiger partial charge in [0.2, 0.25) is 11.8 Å². The monoisotopic (exact) mass is 295 g/mol. The van der Waals surface area contributed by atoms with E-state index in [1.165, 1.54) is 11.0 Å². The van der Waals surface area contributed by atoms with Gasteiger partial charge in [0.15, 0.2) is 11.6 Å². The standard InChI is InChI=1S/C14H18FN3O3/c1-7(2)21-12-5-11(10(16)4-9(12)15)18-6-13(19)17-14(20)8(18)3/h4-5,7-8H,6,16H2,1-3H3,(H,17,19,20). The van der Waals surface area contributed by atoms with Gasteiger partial charge in [0.05, 0.1) is 24.0 Å². The molecule has 2 amide bonds. The average molecular weight is 295 g/mol. The van der Waals surface area contributed by atoms with Crippen molar-refractivity contribution in [3.8, 4) is 5.75 Å². The maximum atomic E-state index is 13.8. The van der Waals surface area contributed by atoms with E-state index in [0.717, 1.165) is 6.07 Å². The lowest BCUT2D eigenvalue weighted by Gasteiger charge is -2.34. The smallest absolute Gasteiger partial charge is 0.249 e. The number of halogens is 1. The van der Waals surface area contributed by atoms with Crippen molar-refractivity contribution in [2.75, 3.05) is 17.2 Å². The summed E-state index contributed by atoms with van der Waals surface area (Å²) in [5, 5.41) is 2.24. The molecule has 7 heteroatoms. The van der Waals surface area contributed by atoms with Gasteiger partial charge in [-0.1, -0.05) is 0 Å². The second-order valence-corrected chi connectivity index (χ2v) is 5.22. The fourth-order valence-electron chi connectivity index (χ4n) is 2.16. The molecule has 1 atom stereocenters.